The van der Waals surface area contributed by atoms with E-state index in [0.717, 1.165) is 0 Å². The van der Waals surface area contributed by atoms with Crippen molar-refractivity contribution in [3.8, 4) is 0 Å². The van der Waals surface area contributed by atoms with Crippen LogP contribution in [0.5, 0.6) is 0 Å². The summed E-state index contributed by atoms with van der Waals surface area (Å²) in [5.41, 5.74) is -0.0583. The lowest BCUT2D eigenvalue weighted by Crippen LogP contribution is -2.41. The highest BCUT2D eigenvalue weighted by molar-refractivity contribution is 5.83. The number of aryl methyl sites for hydroxylation is 1. The Bertz CT molecular complexity index is 510. The van der Waals surface area contributed by atoms with Crippen molar-refractivity contribution in [3.05, 3.63) is 34.7 Å². The van der Waals surface area contributed by atoms with Crippen LogP contribution in [-0.4, -0.2) is 48.6 Å². The minimum atomic E-state index is -0.309. The first-order chi connectivity index (χ1) is 9.50. The van der Waals surface area contributed by atoms with E-state index in [1.54, 1.807) is 37.0 Å². The fraction of sp³-hybridized carbons (Fsp3) is 0.462. The lowest BCUT2D eigenvalue weighted by atomic mass is 10.4. The van der Waals surface area contributed by atoms with Gasteiger partial charge in [0.2, 0.25) is 11.5 Å². The summed E-state index contributed by atoms with van der Waals surface area (Å²) in [6.45, 7) is 0.949. The monoisotopic (exact) mass is 280 g/mol. The zero-order chi connectivity index (χ0) is 15.0. The predicted octanol–water partition coefficient (Wildman–Crippen LogP) is -0.374. The molecule has 7 nitrogen and oxygen atoms in total. The molecule has 1 aromatic heterocycles. The Labute approximate surface area is 117 Å². The number of rotatable bonds is 6. The maximum Gasteiger partial charge on any atom is 0.317 e. The quantitative estimate of drug-likeness (QED) is 0.697. The fourth-order valence-corrected chi connectivity index (χ4v) is 1.50. The summed E-state index contributed by atoms with van der Waals surface area (Å²) in [5.74, 6) is -0.249. The van der Waals surface area contributed by atoms with Gasteiger partial charge in [-0.1, -0.05) is 6.07 Å². The van der Waals surface area contributed by atoms with Gasteiger partial charge in [0.05, 0.1) is 6.54 Å². The maximum atomic E-state index is 11.4. The van der Waals surface area contributed by atoms with Crippen molar-refractivity contribution in [3.63, 3.8) is 0 Å². The number of carbonyl (C=O) groups excluding carboxylic acids is 2. The molecule has 7 heteroatoms. The number of hydrogen-bond donors (Lipinski definition) is 2. The van der Waals surface area contributed by atoms with Crippen LogP contribution in [0.4, 0.5) is 4.79 Å². The van der Waals surface area contributed by atoms with Crippen molar-refractivity contribution in [2.45, 2.75) is 13.0 Å². The van der Waals surface area contributed by atoms with Gasteiger partial charge < -0.3 is 20.1 Å². The van der Waals surface area contributed by atoms with Crippen LogP contribution in [0.2, 0.25) is 0 Å². The summed E-state index contributed by atoms with van der Waals surface area (Å²) in [4.78, 5) is 35.4. The molecule has 0 aliphatic carbocycles. The molecule has 0 fully saturated rings. The lowest BCUT2D eigenvalue weighted by Gasteiger charge is -2.12. The van der Waals surface area contributed by atoms with Crippen molar-refractivity contribution < 1.29 is 9.59 Å². The standard InChI is InChI=1S/C13H20N4O3/c1-16(2)13(20)15-10-11(18)14-7-5-9-17-8-4-3-6-12(17)19/h3-4,6,8H,5,7,9-10H2,1-2H3,(H,14,18)(H,15,20). The zero-order valence-corrected chi connectivity index (χ0v) is 11.8. The average molecular weight is 280 g/mol. The van der Waals surface area contributed by atoms with E-state index in [1.807, 2.05) is 0 Å². The van der Waals surface area contributed by atoms with E-state index in [0.29, 0.717) is 19.5 Å². The van der Waals surface area contributed by atoms with Crippen LogP contribution in [0.15, 0.2) is 29.2 Å². The summed E-state index contributed by atoms with van der Waals surface area (Å²) in [5, 5.41) is 5.15. The number of nitrogens with one attached hydrogen (secondary N) is 2. The normalized spacial score (nSPS) is 9.90. The second-order valence-electron chi connectivity index (χ2n) is 4.49. The average Bonchev–Trinajstić information content (AvgIpc) is 2.42. The Morgan fingerprint density at radius 2 is 2.00 bits per heavy atom. The van der Waals surface area contributed by atoms with Crippen molar-refractivity contribution in [1.29, 1.82) is 0 Å². The Morgan fingerprint density at radius 1 is 1.25 bits per heavy atom. The van der Waals surface area contributed by atoms with E-state index in [9.17, 15) is 14.4 Å². The van der Waals surface area contributed by atoms with Gasteiger partial charge in [-0.3, -0.25) is 9.59 Å². The van der Waals surface area contributed by atoms with Gasteiger partial charge in [-0.2, -0.15) is 0 Å². The summed E-state index contributed by atoms with van der Waals surface area (Å²) in [7, 11) is 3.20. The van der Waals surface area contributed by atoms with Crippen molar-refractivity contribution in [2.24, 2.45) is 0 Å². The summed E-state index contributed by atoms with van der Waals surface area (Å²) in [6.07, 6.45) is 2.36. The second-order valence-corrected chi connectivity index (χ2v) is 4.49. The van der Waals surface area contributed by atoms with E-state index >= 15 is 0 Å². The molecule has 110 valence electrons. The number of nitrogens with zero attached hydrogens (tertiary/aromatic N) is 2. The van der Waals surface area contributed by atoms with Gasteiger partial charge in [-0.05, 0) is 12.5 Å². The third-order valence-electron chi connectivity index (χ3n) is 2.60. The third kappa shape index (κ3) is 5.55. The number of carbonyl (C=O) groups is 2. The first-order valence-electron chi connectivity index (χ1n) is 6.38. The molecule has 0 aliphatic heterocycles. The van der Waals surface area contributed by atoms with E-state index in [-0.39, 0.29) is 24.0 Å². The maximum absolute atomic E-state index is 11.4. The van der Waals surface area contributed by atoms with Gasteiger partial charge >= 0.3 is 6.03 Å². The predicted molar refractivity (Wildman–Crippen MR) is 75.4 cm³/mol. The third-order valence-corrected chi connectivity index (χ3v) is 2.60. The lowest BCUT2D eigenvalue weighted by molar-refractivity contribution is -0.120. The van der Waals surface area contributed by atoms with E-state index < -0.39 is 0 Å². The van der Waals surface area contributed by atoms with Crippen molar-refractivity contribution in [1.82, 2.24) is 20.1 Å². The molecule has 0 atom stereocenters. The smallest absolute Gasteiger partial charge is 0.317 e. The number of amides is 3. The molecule has 0 bridgehead atoms. The van der Waals surface area contributed by atoms with Crippen LogP contribution in [0.3, 0.4) is 0 Å². The molecule has 1 rings (SSSR count). The summed E-state index contributed by atoms with van der Waals surface area (Å²) in [6, 6.07) is 4.66. The minimum absolute atomic E-state index is 0.0533. The van der Waals surface area contributed by atoms with Crippen LogP contribution in [-0.2, 0) is 11.3 Å². The highest BCUT2D eigenvalue weighted by Gasteiger charge is 2.05. The Hall–Kier alpha value is -2.31. The number of hydrogen-bond acceptors (Lipinski definition) is 3. The molecule has 1 heterocycles. The second kappa shape index (κ2) is 7.98. The van der Waals surface area contributed by atoms with Crippen LogP contribution in [0.25, 0.3) is 0 Å². The summed E-state index contributed by atoms with van der Waals surface area (Å²) >= 11 is 0. The highest BCUT2D eigenvalue weighted by Crippen LogP contribution is 1.86. The zero-order valence-electron chi connectivity index (χ0n) is 11.8. The molecule has 0 aliphatic rings. The molecular formula is C13H20N4O3. The largest absolute Gasteiger partial charge is 0.355 e. The molecule has 0 radical (unpaired) electrons. The molecule has 20 heavy (non-hydrogen) atoms. The highest BCUT2D eigenvalue weighted by atomic mass is 16.2. The van der Waals surface area contributed by atoms with Gasteiger partial charge in [0, 0.05) is 39.4 Å². The Kier molecular flexibility index (Phi) is 6.28. The molecule has 0 aromatic carbocycles. The van der Waals surface area contributed by atoms with Crippen molar-refractivity contribution >= 4 is 11.9 Å². The molecule has 2 N–H and O–H groups in total. The van der Waals surface area contributed by atoms with Crippen LogP contribution < -0.4 is 16.2 Å². The van der Waals surface area contributed by atoms with Crippen LogP contribution >= 0.6 is 0 Å². The van der Waals surface area contributed by atoms with E-state index in [1.165, 1.54) is 11.0 Å². The molecular weight excluding hydrogens is 260 g/mol. The van der Waals surface area contributed by atoms with Gasteiger partial charge in [0.1, 0.15) is 0 Å². The van der Waals surface area contributed by atoms with Crippen molar-refractivity contribution in [2.75, 3.05) is 27.2 Å². The fourth-order valence-electron chi connectivity index (χ4n) is 1.50. The van der Waals surface area contributed by atoms with Crippen LogP contribution in [0.1, 0.15) is 6.42 Å². The van der Waals surface area contributed by atoms with Crippen LogP contribution in [0, 0.1) is 0 Å². The molecule has 3 amide bonds. The molecule has 0 saturated carbocycles. The van der Waals surface area contributed by atoms with Gasteiger partial charge in [-0.15, -0.1) is 0 Å². The Balaban J connectivity index is 2.18. The van der Waals surface area contributed by atoms with Gasteiger partial charge in [0.25, 0.3) is 0 Å². The number of urea groups is 1. The first-order valence-corrected chi connectivity index (χ1v) is 6.38. The van der Waals surface area contributed by atoms with E-state index in [2.05, 4.69) is 10.6 Å². The Morgan fingerprint density at radius 3 is 2.65 bits per heavy atom. The number of aromatic nitrogens is 1. The summed E-state index contributed by atoms with van der Waals surface area (Å²) < 4.78 is 1.58. The molecule has 0 unspecified atom stereocenters. The molecule has 0 spiro atoms. The van der Waals surface area contributed by atoms with E-state index in [4.69, 9.17) is 0 Å². The minimum Gasteiger partial charge on any atom is -0.355 e. The molecule has 1 aromatic rings. The topological polar surface area (TPSA) is 83.4 Å². The first kappa shape index (κ1) is 15.7. The SMILES string of the molecule is CN(C)C(=O)NCC(=O)NCCCn1ccccc1=O. The van der Waals surface area contributed by atoms with Gasteiger partial charge in [0.15, 0.2) is 0 Å². The number of pyridine rings is 1. The molecule has 0 saturated heterocycles. The van der Waals surface area contributed by atoms with Gasteiger partial charge in [-0.25, -0.2) is 4.79 Å².